The number of benzene rings is 3. The van der Waals surface area contributed by atoms with Crippen molar-refractivity contribution in [3.05, 3.63) is 82.4 Å². The third-order valence-corrected chi connectivity index (χ3v) is 74.8. The van der Waals surface area contributed by atoms with Gasteiger partial charge in [-0.05, 0) is 74.7 Å². The Morgan fingerprint density at radius 1 is 0.400 bits per heavy atom. The van der Waals surface area contributed by atoms with Gasteiger partial charge in [-0.1, -0.05) is 101 Å². The van der Waals surface area contributed by atoms with E-state index in [1.165, 1.54) is 35.0 Å². The van der Waals surface area contributed by atoms with Gasteiger partial charge in [-0.25, -0.2) is 4.98 Å². The van der Waals surface area contributed by atoms with E-state index < -0.39 is 11.7 Å². The third kappa shape index (κ3) is 34.7. The molecule has 4 aromatic rings. The predicted molar refractivity (Wildman–Crippen MR) is 410 cm³/mol. The van der Waals surface area contributed by atoms with Crippen LogP contribution in [0, 0.1) is 0 Å². The molecule has 426 valence electrons. The van der Waals surface area contributed by atoms with Gasteiger partial charge in [-0.2, -0.15) is 13.2 Å². The van der Waals surface area contributed by atoms with Crippen LogP contribution in [-0.4, -0.2) is 10.1 Å². The number of halogens is 3. The number of rotatable bonds is 1. The van der Waals surface area contributed by atoms with E-state index in [0.29, 0.717) is 22.4 Å². The molecule has 0 bridgehead atoms. The van der Waals surface area contributed by atoms with Crippen LogP contribution in [0.1, 0.15) is 111 Å². The smallest absolute Gasteiger partial charge is 0.416 e. The summed E-state index contributed by atoms with van der Waals surface area (Å²) in [4.78, 5) is 4.52. The molecule has 75 heavy (non-hydrogen) atoms. The summed E-state index contributed by atoms with van der Waals surface area (Å²) in [6, 6.07) is 15.1. The van der Waals surface area contributed by atoms with Crippen molar-refractivity contribution in [1.29, 1.82) is 0 Å². The van der Waals surface area contributed by atoms with E-state index in [1.807, 2.05) is 169 Å². The van der Waals surface area contributed by atoms with Gasteiger partial charge in [0.25, 0.3) is 0 Å². The van der Waals surface area contributed by atoms with Crippen molar-refractivity contribution in [3.8, 4) is 17.2 Å². The average Bonchev–Trinajstić information content (AvgIpc) is 3.77. The molecule has 1 heterocycles. The molecule has 4 rings (SSSR count). The van der Waals surface area contributed by atoms with Gasteiger partial charge in [0.15, 0.2) is 5.58 Å². The third-order valence-electron chi connectivity index (χ3n) is 8.08. The lowest BCUT2D eigenvalue weighted by molar-refractivity contribution is -0.137. The molecule has 0 spiro atoms. The molecule has 0 aliphatic heterocycles. The van der Waals surface area contributed by atoms with E-state index in [4.69, 9.17) is 26.8 Å². The fourth-order valence-corrected chi connectivity index (χ4v) is 84.4. The van der Waals surface area contributed by atoms with E-state index in [-0.39, 0.29) is 27.6 Å². The van der Waals surface area contributed by atoms with Crippen LogP contribution in [0.25, 0.3) is 22.6 Å². The standard InChI is InChI=1S/C22H24F3NO.C14H22O.S33/c1-20(2,3)15-11-16(21(4,5)6)18-17(12-15)26-19(27-18)13-8-7-9-14(10-13)22(23,24)25;1-13(2,3)10-7-11(14(4,5)6)9-12(15)8-10;1-3-5-7-9-11-13-15-17-19-21-23-25-27-29-31-33-32-30-28-26-24-22-20-18-16-14-12-10-8-6-4-2/h7-12H,1-6H3;7-9,15H,1-6H3;. The Balaban J connectivity index is 0.000000409. The number of alkyl halides is 3. The van der Waals surface area contributed by atoms with Crippen LogP contribution in [-0.2, 0) is 326 Å². The van der Waals surface area contributed by atoms with E-state index >= 15 is 0 Å². The lowest BCUT2D eigenvalue weighted by Gasteiger charge is -2.25. The average molecular weight is 1640 g/mol. The van der Waals surface area contributed by atoms with Crippen LogP contribution >= 0.6 is 0 Å². The molecular weight excluding hydrogens is 1590 g/mol. The normalized spacial score (nSPS) is 10.8. The zero-order valence-electron chi connectivity index (χ0n) is 40.6. The van der Waals surface area contributed by atoms with Gasteiger partial charge >= 0.3 is 6.18 Å². The Bertz CT molecular complexity index is 4010. The first-order chi connectivity index (χ1) is 35.3. The number of hydrogen-bond donors (Lipinski definition) is 1. The lowest BCUT2D eigenvalue weighted by atomic mass is 9.80. The highest BCUT2D eigenvalue weighted by Gasteiger charge is 2.31. The van der Waals surface area contributed by atoms with Crippen LogP contribution in [0.4, 0.5) is 13.2 Å². The number of fused-ring (bicyclic) bond motifs is 1. The van der Waals surface area contributed by atoms with Crippen LogP contribution in [0.5, 0.6) is 5.75 Å². The number of phenols is 1. The molecule has 0 fully saturated rings. The molecule has 0 radical (unpaired) electrons. The van der Waals surface area contributed by atoms with E-state index in [9.17, 15) is 18.3 Å². The molecule has 0 saturated heterocycles. The second-order valence-electron chi connectivity index (χ2n) is 17.3. The van der Waals surface area contributed by atoms with Crippen molar-refractivity contribution >= 4 is 309 Å². The quantitative estimate of drug-likeness (QED) is 0.206. The Morgan fingerprint density at radius 3 is 1.01 bits per heavy atom. The monoisotopic (exact) mass is 1640 g/mol. The topological polar surface area (TPSA) is 46.3 Å². The van der Waals surface area contributed by atoms with Crippen molar-refractivity contribution in [2.24, 2.45) is 0 Å². The molecule has 0 aliphatic carbocycles. The van der Waals surface area contributed by atoms with Crippen molar-refractivity contribution < 1.29 is 22.7 Å². The number of phenolic OH excluding ortho intramolecular Hbond substituents is 1. The van der Waals surface area contributed by atoms with Gasteiger partial charge in [-0.15, -0.1) is 0 Å². The maximum Gasteiger partial charge on any atom is 0.416 e. The highest BCUT2D eigenvalue weighted by atomic mass is 33.5. The van der Waals surface area contributed by atoms with Gasteiger partial charge < -0.3 is 9.52 Å². The SMILES string of the molecule is CC(C)(C)c1cc(C(C)(C)C)c2oc(-c3cccc(C(F)(F)F)c3)nc2c1.CC(C)(C)c1cc(O)cc(C(C)(C)C)c1.S=S=S=S=S=S=S=S=S=S=S=S=S=S=S=S=S=S=S=S=S=S=S=S=S=S=S=S=S=S=S=S=S. The molecule has 0 atom stereocenters. The molecule has 0 saturated carbocycles. The minimum atomic E-state index is -4.40. The molecule has 0 amide bonds. The van der Waals surface area contributed by atoms with E-state index in [2.05, 4.69) is 100 Å². The zero-order valence-corrected chi connectivity index (χ0v) is 67.5. The van der Waals surface area contributed by atoms with Crippen LogP contribution in [0.3, 0.4) is 0 Å². The van der Waals surface area contributed by atoms with Crippen molar-refractivity contribution in [1.82, 2.24) is 4.98 Å². The van der Waals surface area contributed by atoms with Gasteiger partial charge in [0, 0.05) is 309 Å². The molecule has 0 unspecified atom stereocenters. The van der Waals surface area contributed by atoms with E-state index in [1.54, 1.807) is 113 Å². The fraction of sp³-hybridized carbons (Fsp3) is 0.472. The van der Waals surface area contributed by atoms with Gasteiger partial charge in [0.2, 0.25) is 5.89 Å². The second-order valence-corrected chi connectivity index (χ2v) is 72.2. The molecule has 0 aliphatic rings. The first kappa shape index (κ1) is 75.1. The summed E-state index contributed by atoms with van der Waals surface area (Å²) in [7, 11) is 54.6. The largest absolute Gasteiger partial charge is 0.508 e. The molecule has 3 aromatic carbocycles. The summed E-state index contributed by atoms with van der Waals surface area (Å²) in [5.74, 6) is 0.569. The molecule has 1 N–H and O–H groups in total. The summed E-state index contributed by atoms with van der Waals surface area (Å²) < 4.78 is 45.1. The number of aromatic hydroxyl groups is 1. The minimum Gasteiger partial charge on any atom is -0.508 e. The second kappa shape index (κ2) is 41.1. The maximum absolute atomic E-state index is 13.0. The molecule has 3 nitrogen and oxygen atoms in total. The van der Waals surface area contributed by atoms with Crippen LogP contribution in [0.15, 0.2) is 59.0 Å². The Morgan fingerprint density at radius 2 is 0.720 bits per heavy atom. The summed E-state index contributed by atoms with van der Waals surface area (Å²) >= 11 is 9.59. The Kier molecular flexibility index (Phi) is 41.2. The fourth-order valence-electron chi connectivity index (χ4n) is 4.78. The minimum absolute atomic E-state index is 0.0799. The van der Waals surface area contributed by atoms with Crippen molar-refractivity contribution in [2.75, 3.05) is 0 Å². The number of aromatic nitrogens is 1. The summed E-state index contributed by atoms with van der Waals surface area (Å²) in [5.41, 5.74) is 5.28. The van der Waals surface area contributed by atoms with Gasteiger partial charge in [0.1, 0.15) is 11.3 Å². The molecule has 39 heteroatoms. The number of nitrogens with zero attached hydrogens (tertiary/aromatic N) is 1. The van der Waals surface area contributed by atoms with Gasteiger partial charge in [0.05, 0.1) is 5.56 Å². The highest BCUT2D eigenvalue weighted by molar-refractivity contribution is 8.80. The van der Waals surface area contributed by atoms with Crippen molar-refractivity contribution in [3.63, 3.8) is 0 Å². The molecule has 1 aromatic heterocycles. The predicted octanol–water partition coefficient (Wildman–Crippen LogP) is 11.0. The first-order valence-corrected chi connectivity index (χ1v) is 62.4. The van der Waals surface area contributed by atoms with Crippen molar-refractivity contribution in [2.45, 2.75) is 111 Å². The zero-order chi connectivity index (χ0) is 56.0. The van der Waals surface area contributed by atoms with E-state index in [0.717, 1.165) is 23.3 Å². The summed E-state index contributed by atoms with van der Waals surface area (Å²) in [5, 5.41) is 9.72. The maximum atomic E-state index is 13.0. The first-order valence-electron chi connectivity index (χ1n) is 19.7. The summed E-state index contributed by atoms with van der Waals surface area (Å²) in [6.07, 6.45) is -4.40. The summed E-state index contributed by atoms with van der Waals surface area (Å²) in [6.45, 7) is 25.6. The van der Waals surface area contributed by atoms with Gasteiger partial charge in [-0.3, -0.25) is 0 Å². The lowest BCUT2D eigenvalue weighted by Crippen LogP contribution is -2.16. The Labute approximate surface area is 536 Å². The highest BCUT2D eigenvalue weighted by Crippen LogP contribution is 2.38. The van der Waals surface area contributed by atoms with Crippen LogP contribution < -0.4 is 0 Å². The Hall–Kier alpha value is 3.98. The number of hydrogen-bond acceptors (Lipinski definition) is 5. The van der Waals surface area contributed by atoms with Crippen LogP contribution in [0.2, 0.25) is 0 Å². The molecular formula is C36H46F3NO2S33. The number of oxazole rings is 1.